The lowest BCUT2D eigenvalue weighted by Crippen LogP contribution is -2.39. The lowest BCUT2D eigenvalue weighted by molar-refractivity contribution is 0.0915. The number of rotatable bonds is 5. The fourth-order valence-electron chi connectivity index (χ4n) is 2.81. The average molecular weight is 262 g/mol. The highest BCUT2D eigenvalue weighted by molar-refractivity contribution is 5.95. The maximum absolute atomic E-state index is 12.3. The lowest BCUT2D eigenvalue weighted by atomic mass is 10.0. The van der Waals surface area contributed by atoms with Gasteiger partial charge in [0.1, 0.15) is 0 Å². The Labute approximate surface area is 114 Å². The number of nitrogens with two attached hydrogens (primary N) is 1. The molecule has 0 radical (unpaired) electrons. The summed E-state index contributed by atoms with van der Waals surface area (Å²) in [5, 5.41) is 12.3. The summed E-state index contributed by atoms with van der Waals surface area (Å²) in [6.07, 6.45) is 3.72. The van der Waals surface area contributed by atoms with Gasteiger partial charge in [0.15, 0.2) is 0 Å². The molecule has 104 valence electrons. The fourth-order valence-corrected chi connectivity index (χ4v) is 2.81. The van der Waals surface area contributed by atoms with Crippen LogP contribution in [-0.2, 0) is 6.42 Å². The Bertz CT molecular complexity index is 434. The van der Waals surface area contributed by atoms with E-state index in [1.165, 1.54) is 0 Å². The first kappa shape index (κ1) is 14.0. The third-order valence-corrected chi connectivity index (χ3v) is 3.89. The van der Waals surface area contributed by atoms with Gasteiger partial charge >= 0.3 is 0 Å². The van der Waals surface area contributed by atoms with Gasteiger partial charge in [-0.25, -0.2) is 0 Å². The van der Waals surface area contributed by atoms with Gasteiger partial charge in [0, 0.05) is 24.1 Å². The average Bonchev–Trinajstić information content (AvgIpc) is 2.87. The van der Waals surface area contributed by atoms with Crippen molar-refractivity contribution in [3.63, 3.8) is 0 Å². The molecule has 4 heteroatoms. The van der Waals surface area contributed by atoms with Crippen molar-refractivity contribution in [1.29, 1.82) is 0 Å². The van der Waals surface area contributed by atoms with Crippen LogP contribution in [0.25, 0.3) is 0 Å². The van der Waals surface area contributed by atoms with Crippen molar-refractivity contribution in [2.45, 2.75) is 31.7 Å². The number of amides is 1. The molecule has 0 heterocycles. The van der Waals surface area contributed by atoms with Gasteiger partial charge in [0.2, 0.25) is 0 Å². The highest BCUT2D eigenvalue weighted by Gasteiger charge is 2.28. The number of carbonyl (C=O) groups excluding carboxylic acids is 1. The van der Waals surface area contributed by atoms with Crippen molar-refractivity contribution >= 4 is 5.91 Å². The van der Waals surface area contributed by atoms with Crippen LogP contribution in [0.15, 0.2) is 24.3 Å². The lowest BCUT2D eigenvalue weighted by Gasteiger charge is -2.20. The van der Waals surface area contributed by atoms with Crippen molar-refractivity contribution in [2.24, 2.45) is 11.7 Å². The van der Waals surface area contributed by atoms with Crippen LogP contribution in [0.1, 0.15) is 35.2 Å². The molecule has 2 rings (SSSR count). The first-order chi connectivity index (χ1) is 9.26. The van der Waals surface area contributed by atoms with Crippen LogP contribution in [0.3, 0.4) is 0 Å². The number of benzene rings is 1. The van der Waals surface area contributed by atoms with Gasteiger partial charge in [0.05, 0.1) is 0 Å². The van der Waals surface area contributed by atoms with Crippen molar-refractivity contribution in [1.82, 2.24) is 5.32 Å². The third-order valence-electron chi connectivity index (χ3n) is 3.89. The van der Waals surface area contributed by atoms with Gasteiger partial charge < -0.3 is 16.2 Å². The van der Waals surface area contributed by atoms with E-state index in [4.69, 9.17) is 5.73 Å². The van der Waals surface area contributed by atoms with Crippen LogP contribution in [-0.4, -0.2) is 30.2 Å². The van der Waals surface area contributed by atoms with Crippen LogP contribution < -0.4 is 11.1 Å². The minimum Gasteiger partial charge on any atom is -0.396 e. The molecule has 19 heavy (non-hydrogen) atoms. The minimum absolute atomic E-state index is 0.0469. The predicted octanol–water partition coefficient (Wildman–Crippen LogP) is 1.08. The molecule has 4 nitrogen and oxygen atoms in total. The summed E-state index contributed by atoms with van der Waals surface area (Å²) in [7, 11) is 0. The first-order valence-corrected chi connectivity index (χ1v) is 6.96. The van der Waals surface area contributed by atoms with E-state index in [9.17, 15) is 9.90 Å². The van der Waals surface area contributed by atoms with Crippen molar-refractivity contribution in [2.75, 3.05) is 13.2 Å². The summed E-state index contributed by atoms with van der Waals surface area (Å²) in [4.78, 5) is 12.3. The Kier molecular flexibility index (Phi) is 4.93. The predicted molar refractivity (Wildman–Crippen MR) is 74.9 cm³/mol. The normalized spacial score (nSPS) is 22.4. The highest BCUT2D eigenvalue weighted by Crippen LogP contribution is 2.25. The largest absolute Gasteiger partial charge is 0.396 e. The van der Waals surface area contributed by atoms with E-state index < -0.39 is 0 Å². The number of aliphatic hydroxyl groups is 1. The summed E-state index contributed by atoms with van der Waals surface area (Å²) in [6, 6.07) is 7.67. The fraction of sp³-hybridized carbons (Fsp3) is 0.533. The molecular weight excluding hydrogens is 240 g/mol. The summed E-state index contributed by atoms with van der Waals surface area (Å²) in [6.45, 7) is 0.683. The summed E-state index contributed by atoms with van der Waals surface area (Å²) in [5.74, 6) is 0.153. The minimum atomic E-state index is -0.0469. The maximum atomic E-state index is 12.3. The number of hydrogen-bond acceptors (Lipinski definition) is 3. The molecule has 0 saturated heterocycles. The molecule has 1 aromatic carbocycles. The highest BCUT2D eigenvalue weighted by atomic mass is 16.3. The van der Waals surface area contributed by atoms with Crippen LogP contribution in [0.5, 0.6) is 0 Å². The van der Waals surface area contributed by atoms with Crippen LogP contribution in [0.4, 0.5) is 0 Å². The Morgan fingerprint density at radius 2 is 2.16 bits per heavy atom. The second kappa shape index (κ2) is 6.68. The van der Waals surface area contributed by atoms with Crippen molar-refractivity contribution < 1.29 is 9.90 Å². The zero-order chi connectivity index (χ0) is 13.7. The van der Waals surface area contributed by atoms with E-state index in [0.29, 0.717) is 18.5 Å². The smallest absolute Gasteiger partial charge is 0.251 e. The summed E-state index contributed by atoms with van der Waals surface area (Å²) in [5.41, 5.74) is 7.26. The molecule has 2 atom stereocenters. The van der Waals surface area contributed by atoms with Gasteiger partial charge in [-0.3, -0.25) is 4.79 Å². The molecular formula is C15H22N2O2. The monoisotopic (exact) mass is 262 g/mol. The summed E-state index contributed by atoms with van der Waals surface area (Å²) < 4.78 is 0. The molecule has 1 aliphatic carbocycles. The van der Waals surface area contributed by atoms with E-state index in [1.807, 2.05) is 24.3 Å². The van der Waals surface area contributed by atoms with Gasteiger partial charge in [-0.15, -0.1) is 0 Å². The molecule has 1 aliphatic rings. The van der Waals surface area contributed by atoms with E-state index in [1.54, 1.807) is 0 Å². The molecule has 1 saturated carbocycles. The molecule has 1 aromatic rings. The van der Waals surface area contributed by atoms with Gasteiger partial charge in [-0.05, 0) is 37.4 Å². The first-order valence-electron chi connectivity index (χ1n) is 6.96. The van der Waals surface area contributed by atoms with Crippen molar-refractivity contribution in [3.05, 3.63) is 35.4 Å². The zero-order valence-electron chi connectivity index (χ0n) is 11.1. The molecule has 0 spiro atoms. The molecule has 0 aromatic heterocycles. The molecule has 4 N–H and O–H groups in total. The molecule has 0 aliphatic heterocycles. The Balaban J connectivity index is 2.07. The van der Waals surface area contributed by atoms with E-state index in [0.717, 1.165) is 24.8 Å². The second-order valence-electron chi connectivity index (χ2n) is 5.15. The third kappa shape index (κ3) is 3.33. The summed E-state index contributed by atoms with van der Waals surface area (Å²) >= 11 is 0. The molecule has 1 fully saturated rings. The number of hydrogen-bond donors (Lipinski definition) is 3. The Hall–Kier alpha value is -1.39. The molecule has 0 bridgehead atoms. The van der Waals surface area contributed by atoms with Crippen LogP contribution >= 0.6 is 0 Å². The number of aliphatic hydroxyl groups excluding tert-OH is 1. The van der Waals surface area contributed by atoms with E-state index in [2.05, 4.69) is 5.32 Å². The quantitative estimate of drug-likeness (QED) is 0.743. The standard InChI is InChI=1S/C15H22N2O2/c16-9-8-11-4-1-2-6-13(11)15(19)17-14-7-3-5-12(14)10-18/h1-2,4,6,12,14,18H,3,5,7-10,16H2,(H,17,19). The van der Waals surface area contributed by atoms with Gasteiger partial charge in [0.25, 0.3) is 5.91 Å². The van der Waals surface area contributed by atoms with E-state index >= 15 is 0 Å². The zero-order valence-corrected chi connectivity index (χ0v) is 11.1. The number of carbonyl (C=O) groups is 1. The molecule has 1 amide bonds. The maximum Gasteiger partial charge on any atom is 0.251 e. The topological polar surface area (TPSA) is 75.4 Å². The van der Waals surface area contributed by atoms with Gasteiger partial charge in [-0.1, -0.05) is 24.6 Å². The Morgan fingerprint density at radius 1 is 1.37 bits per heavy atom. The van der Waals surface area contributed by atoms with Crippen LogP contribution in [0.2, 0.25) is 0 Å². The molecule has 2 unspecified atom stereocenters. The SMILES string of the molecule is NCCc1ccccc1C(=O)NC1CCCC1CO. The second-order valence-corrected chi connectivity index (χ2v) is 5.15. The Morgan fingerprint density at radius 3 is 2.89 bits per heavy atom. The van der Waals surface area contributed by atoms with Gasteiger partial charge in [-0.2, -0.15) is 0 Å². The van der Waals surface area contributed by atoms with E-state index in [-0.39, 0.29) is 24.5 Å². The van der Waals surface area contributed by atoms with Crippen LogP contribution in [0, 0.1) is 5.92 Å². The number of nitrogens with one attached hydrogen (secondary N) is 1. The van der Waals surface area contributed by atoms with Crippen molar-refractivity contribution in [3.8, 4) is 0 Å².